The number of benzene rings is 9. The summed E-state index contributed by atoms with van der Waals surface area (Å²) in [5.41, 5.74) is 14.2. The number of fused-ring (bicyclic) bond motifs is 10. The van der Waals surface area contributed by atoms with Crippen LogP contribution in [0.5, 0.6) is 11.5 Å². The van der Waals surface area contributed by atoms with Gasteiger partial charge in [-0.2, -0.15) is 0 Å². The van der Waals surface area contributed by atoms with Gasteiger partial charge in [-0.3, -0.25) is 0 Å². The van der Waals surface area contributed by atoms with E-state index in [1.165, 1.54) is 38.6 Å². The van der Waals surface area contributed by atoms with E-state index in [0.29, 0.717) is 17.5 Å². The molecule has 0 saturated heterocycles. The van der Waals surface area contributed by atoms with Gasteiger partial charge < -0.3 is 4.74 Å². The molecular weight excluding hydrogens is 731 g/mol. The van der Waals surface area contributed by atoms with Gasteiger partial charge in [0.2, 0.25) is 0 Å². The lowest BCUT2D eigenvalue weighted by molar-refractivity contribution is 0.436. The lowest BCUT2D eigenvalue weighted by Gasteiger charge is -2.39. The second-order valence-corrected chi connectivity index (χ2v) is 15.5. The molecule has 0 radical (unpaired) electrons. The van der Waals surface area contributed by atoms with Crippen LogP contribution in [0.4, 0.5) is 0 Å². The van der Waals surface area contributed by atoms with Gasteiger partial charge in [0, 0.05) is 27.8 Å². The summed E-state index contributed by atoms with van der Waals surface area (Å²) in [4.78, 5) is 15.1. The number of para-hydroxylation sites is 2. The first-order valence-corrected chi connectivity index (χ1v) is 20.3. The van der Waals surface area contributed by atoms with Gasteiger partial charge in [-0.05, 0) is 73.5 Å². The van der Waals surface area contributed by atoms with Crippen molar-refractivity contribution in [3.05, 3.63) is 235 Å². The summed E-state index contributed by atoms with van der Waals surface area (Å²) < 4.78 is 6.56. The highest BCUT2D eigenvalue weighted by molar-refractivity contribution is 5.97. The summed E-state index contributed by atoms with van der Waals surface area (Å²) in [6.07, 6.45) is 0. The zero-order valence-corrected chi connectivity index (χ0v) is 32.5. The molecule has 1 aliphatic heterocycles. The number of rotatable bonds is 5. The van der Waals surface area contributed by atoms with E-state index in [9.17, 15) is 0 Å². The van der Waals surface area contributed by atoms with Crippen LogP contribution in [0.2, 0.25) is 0 Å². The largest absolute Gasteiger partial charge is 0.457 e. The molecular formula is C56H35N3O. The van der Waals surface area contributed by atoms with Crippen molar-refractivity contribution in [2.24, 2.45) is 0 Å². The molecule has 0 N–H and O–H groups in total. The predicted octanol–water partition coefficient (Wildman–Crippen LogP) is 13.8. The number of hydrogen-bond acceptors (Lipinski definition) is 4. The van der Waals surface area contributed by atoms with Crippen LogP contribution in [0, 0.1) is 0 Å². The summed E-state index contributed by atoms with van der Waals surface area (Å²) in [5.74, 6) is 3.68. The van der Waals surface area contributed by atoms with Crippen molar-refractivity contribution in [3.63, 3.8) is 0 Å². The summed E-state index contributed by atoms with van der Waals surface area (Å²) in [6, 6.07) is 75.0. The molecule has 12 rings (SSSR count). The molecule has 2 aliphatic rings. The minimum atomic E-state index is -0.518. The molecule has 0 fully saturated rings. The fourth-order valence-electron chi connectivity index (χ4n) is 9.47. The molecule has 0 saturated carbocycles. The average Bonchev–Trinajstić information content (AvgIpc) is 3.61. The van der Waals surface area contributed by atoms with Crippen molar-refractivity contribution in [2.45, 2.75) is 5.41 Å². The maximum absolute atomic E-state index is 6.56. The van der Waals surface area contributed by atoms with Crippen LogP contribution in [0.25, 0.3) is 78.3 Å². The maximum atomic E-state index is 6.56. The summed E-state index contributed by atoms with van der Waals surface area (Å²) in [5, 5.41) is 2.45. The SMILES string of the molecule is c1ccc(-c2nc(-c3ccc(-c4ccc5c(c4)C4(c6ccccc6Oc6ccccc64)c4ccccc4-5)cc3)nc(-c3ccc(-c4cccc5ccccc45)cc3)n2)cc1. The van der Waals surface area contributed by atoms with E-state index in [2.05, 4.69) is 182 Å². The van der Waals surface area contributed by atoms with Crippen molar-refractivity contribution >= 4 is 10.8 Å². The van der Waals surface area contributed by atoms with Gasteiger partial charge in [0.15, 0.2) is 17.5 Å². The molecule has 4 heteroatoms. The second-order valence-electron chi connectivity index (χ2n) is 15.5. The Morgan fingerprint density at radius 1 is 0.300 bits per heavy atom. The van der Waals surface area contributed by atoms with Crippen LogP contribution in [0.1, 0.15) is 22.3 Å². The van der Waals surface area contributed by atoms with Gasteiger partial charge in [-0.1, -0.05) is 194 Å². The molecule has 0 unspecified atom stereocenters. The molecule has 1 aromatic heterocycles. The minimum Gasteiger partial charge on any atom is -0.457 e. The van der Waals surface area contributed by atoms with Crippen LogP contribution in [0.15, 0.2) is 212 Å². The van der Waals surface area contributed by atoms with E-state index in [4.69, 9.17) is 19.7 Å². The van der Waals surface area contributed by atoms with Crippen LogP contribution < -0.4 is 4.74 Å². The fourth-order valence-corrected chi connectivity index (χ4v) is 9.47. The Balaban J connectivity index is 0.946. The minimum absolute atomic E-state index is 0.518. The highest BCUT2D eigenvalue weighted by atomic mass is 16.5. The predicted molar refractivity (Wildman–Crippen MR) is 242 cm³/mol. The monoisotopic (exact) mass is 765 g/mol. The molecule has 0 bridgehead atoms. The Labute approximate surface area is 348 Å². The average molecular weight is 766 g/mol. The Morgan fingerprint density at radius 3 is 1.45 bits per heavy atom. The van der Waals surface area contributed by atoms with Crippen LogP contribution in [-0.4, -0.2) is 15.0 Å². The van der Waals surface area contributed by atoms with E-state index in [-0.39, 0.29) is 0 Å². The third-order valence-electron chi connectivity index (χ3n) is 12.2. The van der Waals surface area contributed by atoms with Gasteiger partial charge in [0.25, 0.3) is 0 Å². The Kier molecular flexibility index (Phi) is 7.72. The summed E-state index contributed by atoms with van der Waals surface area (Å²) in [7, 11) is 0. The Bertz CT molecular complexity index is 3230. The second kappa shape index (κ2) is 13.6. The maximum Gasteiger partial charge on any atom is 0.164 e. The molecule has 1 spiro atoms. The third kappa shape index (κ3) is 5.28. The molecule has 2 heterocycles. The van der Waals surface area contributed by atoms with Crippen LogP contribution in [-0.2, 0) is 5.41 Å². The van der Waals surface area contributed by atoms with Gasteiger partial charge in [-0.25, -0.2) is 15.0 Å². The van der Waals surface area contributed by atoms with E-state index >= 15 is 0 Å². The highest BCUT2D eigenvalue weighted by Gasteiger charge is 2.51. The lowest BCUT2D eigenvalue weighted by Crippen LogP contribution is -2.32. The number of hydrogen-bond donors (Lipinski definition) is 0. The van der Waals surface area contributed by atoms with Crippen molar-refractivity contribution < 1.29 is 4.74 Å². The van der Waals surface area contributed by atoms with E-state index < -0.39 is 5.41 Å². The van der Waals surface area contributed by atoms with E-state index in [0.717, 1.165) is 56.0 Å². The number of nitrogens with zero attached hydrogens (tertiary/aromatic N) is 3. The highest BCUT2D eigenvalue weighted by Crippen LogP contribution is 2.62. The van der Waals surface area contributed by atoms with Gasteiger partial charge in [0.1, 0.15) is 11.5 Å². The summed E-state index contributed by atoms with van der Waals surface area (Å²) >= 11 is 0. The topological polar surface area (TPSA) is 47.9 Å². The molecule has 60 heavy (non-hydrogen) atoms. The molecule has 0 amide bonds. The Morgan fingerprint density at radius 2 is 0.767 bits per heavy atom. The quantitative estimate of drug-likeness (QED) is 0.175. The smallest absolute Gasteiger partial charge is 0.164 e. The van der Waals surface area contributed by atoms with Gasteiger partial charge >= 0.3 is 0 Å². The lowest BCUT2D eigenvalue weighted by atomic mass is 9.66. The van der Waals surface area contributed by atoms with E-state index in [1.807, 2.05) is 30.3 Å². The zero-order chi connectivity index (χ0) is 39.6. The van der Waals surface area contributed by atoms with Crippen LogP contribution >= 0.6 is 0 Å². The van der Waals surface area contributed by atoms with Crippen LogP contribution in [0.3, 0.4) is 0 Å². The van der Waals surface area contributed by atoms with E-state index in [1.54, 1.807) is 0 Å². The van der Waals surface area contributed by atoms with Crippen molar-refractivity contribution in [1.29, 1.82) is 0 Å². The molecule has 1 aliphatic carbocycles. The van der Waals surface area contributed by atoms with Crippen molar-refractivity contribution in [2.75, 3.05) is 0 Å². The first kappa shape index (κ1) is 34.1. The van der Waals surface area contributed by atoms with Gasteiger partial charge in [0.05, 0.1) is 5.41 Å². The zero-order valence-electron chi connectivity index (χ0n) is 32.5. The molecule has 10 aromatic rings. The van der Waals surface area contributed by atoms with Gasteiger partial charge in [-0.15, -0.1) is 0 Å². The fraction of sp³-hybridized carbons (Fsp3) is 0.0179. The number of ether oxygens (including phenoxy) is 1. The standard InChI is InChI=1S/C56H35N3O/c1-2-14-39(15-3-1)53-57-54(59-55(58-53)41-31-27-38(28-32-41)44-19-12-16-37-13-4-5-17-43(37)44)40-29-25-36(26-30-40)42-33-34-46-45-18-6-7-20-47(45)56(50(46)35-42)48-21-8-10-23-51(48)60-52-24-11-9-22-49(52)56/h1-35H. The normalized spacial score (nSPS) is 12.9. The first-order chi connectivity index (χ1) is 29.7. The Hall–Kier alpha value is -7.95. The summed E-state index contributed by atoms with van der Waals surface area (Å²) in [6.45, 7) is 0. The molecule has 9 aromatic carbocycles. The molecule has 280 valence electrons. The molecule has 0 atom stereocenters. The van der Waals surface area contributed by atoms with Crippen molar-refractivity contribution in [3.8, 4) is 79.0 Å². The molecule has 4 nitrogen and oxygen atoms in total. The van der Waals surface area contributed by atoms with Crippen molar-refractivity contribution in [1.82, 2.24) is 15.0 Å². The first-order valence-electron chi connectivity index (χ1n) is 20.3. The number of aromatic nitrogens is 3. The third-order valence-corrected chi connectivity index (χ3v) is 12.2.